The normalized spacial score (nSPS) is 12.6. The zero-order valence-electron chi connectivity index (χ0n) is 26.8. The van der Waals surface area contributed by atoms with E-state index in [1.165, 1.54) is 24.1 Å². The molecule has 0 fully saturated rings. The van der Waals surface area contributed by atoms with Crippen LogP contribution < -0.4 is 14.4 Å². The molecule has 2 atom stereocenters. The van der Waals surface area contributed by atoms with Gasteiger partial charge in [-0.3, -0.25) is 13.9 Å². The van der Waals surface area contributed by atoms with Gasteiger partial charge in [-0.15, -0.1) is 0 Å². The average Bonchev–Trinajstić information content (AvgIpc) is 3.06. The van der Waals surface area contributed by atoms with Crippen molar-refractivity contribution in [1.82, 2.24) is 10.2 Å². The monoisotopic (exact) mass is 695 g/mol. The van der Waals surface area contributed by atoms with Gasteiger partial charge in [0.1, 0.15) is 18.3 Å². The number of anilines is 1. The SMILES string of the molecule is CCC(C)NC(=O)C(Cc1ccccc1)N(Cc1c(Cl)cccc1Cl)C(=O)CN(c1ccc(OC)cc1)S(=O)(=O)c1ccc(C)cc1. The molecule has 0 radical (unpaired) electrons. The first-order valence-corrected chi connectivity index (χ1v) is 17.4. The third kappa shape index (κ3) is 9.06. The molecule has 11 heteroatoms. The summed E-state index contributed by atoms with van der Waals surface area (Å²) in [6.45, 7) is 4.95. The molecule has 2 unspecified atom stereocenters. The van der Waals surface area contributed by atoms with Crippen LogP contribution in [0.25, 0.3) is 0 Å². The van der Waals surface area contributed by atoms with Crippen LogP contribution in [0.5, 0.6) is 5.75 Å². The third-order valence-electron chi connectivity index (χ3n) is 7.91. The summed E-state index contributed by atoms with van der Waals surface area (Å²) in [5.41, 5.74) is 2.39. The fourth-order valence-corrected chi connectivity index (χ4v) is 6.89. The Hall–Kier alpha value is -4.05. The van der Waals surface area contributed by atoms with Gasteiger partial charge in [0.2, 0.25) is 11.8 Å². The Bertz CT molecular complexity index is 1750. The first-order valence-electron chi connectivity index (χ1n) is 15.2. The van der Waals surface area contributed by atoms with Crippen LogP contribution >= 0.6 is 23.2 Å². The van der Waals surface area contributed by atoms with E-state index < -0.39 is 28.5 Å². The van der Waals surface area contributed by atoms with Gasteiger partial charge >= 0.3 is 0 Å². The number of amides is 2. The number of halogens is 2. The lowest BCUT2D eigenvalue weighted by atomic mass is 10.0. The van der Waals surface area contributed by atoms with Gasteiger partial charge in [0.15, 0.2) is 0 Å². The number of sulfonamides is 1. The number of ether oxygens (including phenoxy) is 1. The summed E-state index contributed by atoms with van der Waals surface area (Å²) >= 11 is 13.2. The van der Waals surface area contributed by atoms with Crippen molar-refractivity contribution in [1.29, 1.82) is 0 Å². The number of nitrogens with zero attached hydrogens (tertiary/aromatic N) is 2. The minimum atomic E-state index is -4.24. The molecule has 0 bridgehead atoms. The Balaban J connectivity index is 1.84. The summed E-state index contributed by atoms with van der Waals surface area (Å²) in [5, 5.41) is 3.65. The number of carbonyl (C=O) groups is 2. The molecular formula is C36H39Cl2N3O5S. The highest BCUT2D eigenvalue weighted by Gasteiger charge is 2.35. The molecule has 0 saturated heterocycles. The molecule has 248 valence electrons. The van der Waals surface area contributed by atoms with Crippen molar-refractivity contribution in [3.8, 4) is 5.75 Å². The molecule has 0 aliphatic rings. The van der Waals surface area contributed by atoms with Crippen molar-refractivity contribution in [3.63, 3.8) is 0 Å². The van der Waals surface area contributed by atoms with Gasteiger partial charge in [-0.2, -0.15) is 0 Å². The van der Waals surface area contributed by atoms with Crippen molar-refractivity contribution >= 4 is 50.7 Å². The van der Waals surface area contributed by atoms with E-state index in [4.69, 9.17) is 27.9 Å². The molecule has 47 heavy (non-hydrogen) atoms. The Kier molecular flexibility index (Phi) is 12.3. The first kappa shape index (κ1) is 35.8. The summed E-state index contributed by atoms with van der Waals surface area (Å²) in [4.78, 5) is 30.0. The third-order valence-corrected chi connectivity index (χ3v) is 10.4. The smallest absolute Gasteiger partial charge is 0.264 e. The molecule has 0 saturated carbocycles. The Labute approximate surface area is 287 Å². The number of carbonyl (C=O) groups excluding carboxylic acids is 2. The maximum Gasteiger partial charge on any atom is 0.264 e. The second-order valence-corrected chi connectivity index (χ2v) is 13.9. The molecule has 4 aromatic carbocycles. The van der Waals surface area contributed by atoms with Gasteiger partial charge in [0.25, 0.3) is 10.0 Å². The summed E-state index contributed by atoms with van der Waals surface area (Å²) < 4.78 is 34.7. The van der Waals surface area contributed by atoms with E-state index in [0.29, 0.717) is 27.8 Å². The van der Waals surface area contributed by atoms with Crippen LogP contribution in [-0.2, 0) is 32.6 Å². The maximum atomic E-state index is 14.6. The topological polar surface area (TPSA) is 96.0 Å². The molecule has 0 aromatic heterocycles. The van der Waals surface area contributed by atoms with E-state index in [1.54, 1.807) is 54.6 Å². The Morgan fingerprint density at radius 3 is 2.06 bits per heavy atom. The van der Waals surface area contributed by atoms with Crippen molar-refractivity contribution in [2.75, 3.05) is 18.0 Å². The number of aryl methyl sites for hydroxylation is 1. The molecule has 0 heterocycles. The lowest BCUT2D eigenvalue weighted by Crippen LogP contribution is -2.54. The second kappa shape index (κ2) is 16.2. The molecule has 8 nitrogen and oxygen atoms in total. The van der Waals surface area contributed by atoms with Crippen molar-refractivity contribution < 1.29 is 22.7 Å². The largest absolute Gasteiger partial charge is 0.497 e. The number of rotatable bonds is 14. The van der Waals surface area contributed by atoms with Crippen LogP contribution in [0.2, 0.25) is 10.0 Å². The molecule has 0 spiro atoms. The van der Waals surface area contributed by atoms with Crippen LogP contribution in [0.4, 0.5) is 5.69 Å². The predicted octanol–water partition coefficient (Wildman–Crippen LogP) is 7.06. The van der Waals surface area contributed by atoms with Gasteiger partial charge < -0.3 is 15.0 Å². The van der Waals surface area contributed by atoms with Crippen molar-refractivity contribution in [2.24, 2.45) is 0 Å². The van der Waals surface area contributed by atoms with E-state index >= 15 is 0 Å². The minimum absolute atomic E-state index is 0.0164. The van der Waals surface area contributed by atoms with E-state index in [1.807, 2.05) is 51.1 Å². The Morgan fingerprint density at radius 1 is 0.872 bits per heavy atom. The lowest BCUT2D eigenvalue weighted by molar-refractivity contribution is -0.140. The quantitative estimate of drug-likeness (QED) is 0.152. The minimum Gasteiger partial charge on any atom is -0.497 e. The molecule has 0 aliphatic carbocycles. The fourth-order valence-electron chi connectivity index (χ4n) is 4.96. The summed E-state index contributed by atoms with van der Waals surface area (Å²) in [6.07, 6.45) is 0.846. The van der Waals surface area contributed by atoms with E-state index in [9.17, 15) is 18.0 Å². The maximum absolute atomic E-state index is 14.6. The summed E-state index contributed by atoms with van der Waals surface area (Å²) in [7, 11) is -2.74. The van der Waals surface area contributed by atoms with Crippen molar-refractivity contribution in [2.45, 2.75) is 57.1 Å². The molecular weight excluding hydrogens is 657 g/mol. The van der Waals surface area contributed by atoms with Crippen LogP contribution in [0.15, 0.2) is 102 Å². The number of methoxy groups -OCH3 is 1. The number of nitrogens with one attached hydrogen (secondary N) is 1. The van der Waals surface area contributed by atoms with Gasteiger partial charge in [-0.25, -0.2) is 8.42 Å². The molecule has 4 rings (SSSR count). The number of benzene rings is 4. The lowest BCUT2D eigenvalue weighted by Gasteiger charge is -2.34. The predicted molar refractivity (Wildman–Crippen MR) is 188 cm³/mol. The molecule has 4 aromatic rings. The number of hydrogen-bond donors (Lipinski definition) is 1. The van der Waals surface area contributed by atoms with Crippen LogP contribution in [0, 0.1) is 6.92 Å². The van der Waals surface area contributed by atoms with Crippen molar-refractivity contribution in [3.05, 3.63) is 124 Å². The molecule has 2 amide bonds. The Morgan fingerprint density at radius 2 is 1.49 bits per heavy atom. The van der Waals surface area contributed by atoms with Gasteiger partial charge in [-0.05, 0) is 74.4 Å². The zero-order valence-corrected chi connectivity index (χ0v) is 29.1. The zero-order chi connectivity index (χ0) is 34.1. The first-order chi connectivity index (χ1) is 22.4. The summed E-state index contributed by atoms with van der Waals surface area (Å²) in [5.74, 6) is -0.475. The van der Waals surface area contributed by atoms with Crippen LogP contribution in [0.1, 0.15) is 37.0 Å². The van der Waals surface area contributed by atoms with Gasteiger partial charge in [0.05, 0.1) is 17.7 Å². The summed E-state index contributed by atoms with van der Waals surface area (Å²) in [6, 6.07) is 25.9. The standard InChI is InChI=1S/C36H39Cl2N3O5S/c1-5-26(3)39-36(43)34(22-27-10-7-6-8-11-27)40(23-31-32(37)12-9-13-33(31)38)35(42)24-41(28-16-18-29(46-4)19-17-28)47(44,45)30-20-14-25(2)15-21-30/h6-21,26,34H,5,22-24H2,1-4H3,(H,39,43). The van der Waals surface area contributed by atoms with E-state index in [0.717, 1.165) is 15.4 Å². The highest BCUT2D eigenvalue weighted by molar-refractivity contribution is 7.92. The van der Waals surface area contributed by atoms with E-state index in [-0.39, 0.29) is 35.5 Å². The van der Waals surface area contributed by atoms with Crippen LogP contribution in [0.3, 0.4) is 0 Å². The highest BCUT2D eigenvalue weighted by atomic mass is 35.5. The van der Waals surface area contributed by atoms with Gasteiger partial charge in [0, 0.05) is 34.6 Å². The second-order valence-electron chi connectivity index (χ2n) is 11.3. The highest BCUT2D eigenvalue weighted by Crippen LogP contribution is 2.30. The average molecular weight is 697 g/mol. The van der Waals surface area contributed by atoms with E-state index in [2.05, 4.69) is 5.32 Å². The molecule has 1 N–H and O–H groups in total. The molecule has 0 aliphatic heterocycles. The van der Waals surface area contributed by atoms with Gasteiger partial charge in [-0.1, -0.05) is 84.2 Å². The number of hydrogen-bond acceptors (Lipinski definition) is 5. The van der Waals surface area contributed by atoms with Crippen LogP contribution in [-0.4, -0.2) is 50.9 Å². The fraction of sp³-hybridized carbons (Fsp3) is 0.278.